The number of rotatable bonds is 17. The summed E-state index contributed by atoms with van der Waals surface area (Å²) in [5.41, 5.74) is 0.869. The molecule has 0 aromatic heterocycles. The lowest BCUT2D eigenvalue weighted by molar-refractivity contribution is -0.121. The second kappa shape index (κ2) is 18.8. The van der Waals surface area contributed by atoms with Crippen LogP contribution in [0.25, 0.3) is 0 Å². The van der Waals surface area contributed by atoms with Gasteiger partial charge in [-0.2, -0.15) is 0 Å². The van der Waals surface area contributed by atoms with Gasteiger partial charge in [-0.25, -0.2) is 0 Å². The van der Waals surface area contributed by atoms with Crippen LogP contribution in [0.3, 0.4) is 0 Å². The fraction of sp³-hybridized carbons (Fsp3) is 0.464. The van der Waals surface area contributed by atoms with E-state index in [1.54, 1.807) is 6.07 Å². The second-order valence-corrected chi connectivity index (χ2v) is 8.05. The Morgan fingerprint density at radius 3 is 2.12 bits per heavy atom. The van der Waals surface area contributed by atoms with Gasteiger partial charge in [-0.1, -0.05) is 61.6 Å². The van der Waals surface area contributed by atoms with E-state index in [4.69, 9.17) is 0 Å². The van der Waals surface area contributed by atoms with Crippen molar-refractivity contribution >= 4 is 5.91 Å². The van der Waals surface area contributed by atoms with E-state index in [9.17, 15) is 20.1 Å². The molecule has 4 N–H and O–H groups in total. The highest BCUT2D eigenvalue weighted by molar-refractivity contribution is 5.75. The van der Waals surface area contributed by atoms with Crippen molar-refractivity contribution in [2.45, 2.75) is 77.2 Å². The first-order valence-electron chi connectivity index (χ1n) is 12.1. The van der Waals surface area contributed by atoms with Crippen molar-refractivity contribution < 1.29 is 20.1 Å². The lowest BCUT2D eigenvalue weighted by Crippen LogP contribution is -2.25. The summed E-state index contributed by atoms with van der Waals surface area (Å²) in [6, 6.07) is 4.70. The van der Waals surface area contributed by atoms with Crippen LogP contribution in [0.15, 0.2) is 66.8 Å². The van der Waals surface area contributed by atoms with E-state index >= 15 is 0 Å². The summed E-state index contributed by atoms with van der Waals surface area (Å²) in [5.74, 6) is -0.241. The topological polar surface area (TPSA) is 89.8 Å². The summed E-state index contributed by atoms with van der Waals surface area (Å²) < 4.78 is 0. The maximum Gasteiger partial charge on any atom is 0.220 e. The van der Waals surface area contributed by atoms with Crippen molar-refractivity contribution in [2.75, 3.05) is 6.54 Å². The lowest BCUT2D eigenvalue weighted by Gasteiger charge is -2.06. The Morgan fingerprint density at radius 1 is 0.909 bits per heavy atom. The highest BCUT2D eigenvalue weighted by Gasteiger charge is 2.03. The molecule has 1 aromatic rings. The van der Waals surface area contributed by atoms with Crippen molar-refractivity contribution in [2.24, 2.45) is 0 Å². The number of aliphatic hydroxyl groups excluding tert-OH is 1. The van der Waals surface area contributed by atoms with Gasteiger partial charge in [-0.05, 0) is 75.5 Å². The SMILES string of the molecule is CC[C@@H](O)CC/C=C\C/C=C\C/C=C\C/C=C\CCCC(=O)NCCc1ccc(O)c(O)c1. The zero-order valence-electron chi connectivity index (χ0n) is 20.0. The van der Waals surface area contributed by atoms with Gasteiger partial charge in [0.25, 0.3) is 0 Å². The second-order valence-electron chi connectivity index (χ2n) is 8.05. The molecule has 0 bridgehead atoms. The molecular formula is C28H41NO4. The molecule has 0 radical (unpaired) electrons. The third-order valence-corrected chi connectivity index (χ3v) is 5.17. The van der Waals surface area contributed by atoms with Crippen molar-refractivity contribution in [1.82, 2.24) is 5.32 Å². The molecule has 0 aliphatic carbocycles. The van der Waals surface area contributed by atoms with Crippen LogP contribution >= 0.6 is 0 Å². The van der Waals surface area contributed by atoms with Crippen LogP contribution in [0.1, 0.15) is 70.3 Å². The van der Waals surface area contributed by atoms with Gasteiger partial charge in [0.2, 0.25) is 5.91 Å². The van der Waals surface area contributed by atoms with Crippen molar-refractivity contribution in [3.05, 3.63) is 72.4 Å². The monoisotopic (exact) mass is 455 g/mol. The van der Waals surface area contributed by atoms with E-state index in [1.807, 2.05) is 6.92 Å². The number of carbonyl (C=O) groups excluding carboxylic acids is 1. The zero-order valence-corrected chi connectivity index (χ0v) is 20.0. The Labute approximate surface area is 199 Å². The molecule has 0 heterocycles. The van der Waals surface area contributed by atoms with E-state index < -0.39 is 0 Å². The molecule has 0 aliphatic heterocycles. The number of amides is 1. The molecule has 182 valence electrons. The molecule has 0 fully saturated rings. The van der Waals surface area contributed by atoms with Crippen molar-refractivity contribution in [1.29, 1.82) is 0 Å². The van der Waals surface area contributed by atoms with Gasteiger partial charge in [-0.15, -0.1) is 0 Å². The van der Waals surface area contributed by atoms with Crippen LogP contribution < -0.4 is 5.32 Å². The minimum Gasteiger partial charge on any atom is -0.504 e. The van der Waals surface area contributed by atoms with Gasteiger partial charge >= 0.3 is 0 Å². The molecule has 1 aromatic carbocycles. The number of carbonyl (C=O) groups is 1. The summed E-state index contributed by atoms with van der Waals surface area (Å²) in [4.78, 5) is 11.9. The van der Waals surface area contributed by atoms with Crippen LogP contribution in [0.2, 0.25) is 0 Å². The number of aromatic hydroxyl groups is 2. The fourth-order valence-corrected chi connectivity index (χ4v) is 3.08. The van der Waals surface area contributed by atoms with Gasteiger partial charge in [-0.3, -0.25) is 4.79 Å². The fourth-order valence-electron chi connectivity index (χ4n) is 3.08. The van der Waals surface area contributed by atoms with E-state index in [0.29, 0.717) is 19.4 Å². The molecule has 0 aliphatic rings. The predicted molar refractivity (Wildman–Crippen MR) is 136 cm³/mol. The van der Waals surface area contributed by atoms with Gasteiger partial charge in [0.15, 0.2) is 11.5 Å². The predicted octanol–water partition coefficient (Wildman–Crippen LogP) is 5.87. The molecule has 1 atom stereocenters. The van der Waals surface area contributed by atoms with Gasteiger partial charge in [0, 0.05) is 13.0 Å². The highest BCUT2D eigenvalue weighted by Crippen LogP contribution is 2.24. The van der Waals surface area contributed by atoms with Gasteiger partial charge < -0.3 is 20.6 Å². The summed E-state index contributed by atoms with van der Waals surface area (Å²) in [7, 11) is 0. The third kappa shape index (κ3) is 15.6. The first-order chi connectivity index (χ1) is 16.0. The number of nitrogens with one attached hydrogen (secondary N) is 1. The molecule has 5 nitrogen and oxygen atoms in total. The number of unbranched alkanes of at least 4 members (excludes halogenated alkanes) is 1. The molecule has 5 heteroatoms. The lowest BCUT2D eigenvalue weighted by atomic mass is 10.1. The number of hydrogen-bond donors (Lipinski definition) is 4. The molecule has 0 saturated heterocycles. The minimum absolute atomic E-state index is 0.0338. The summed E-state index contributed by atoms with van der Waals surface area (Å²) in [6.45, 7) is 2.51. The van der Waals surface area contributed by atoms with Gasteiger partial charge in [0.1, 0.15) is 0 Å². The quantitative estimate of drug-likeness (QED) is 0.134. The standard InChI is InChI=1S/C28H41NO4/c1-2-25(30)17-15-13-11-9-7-5-3-4-6-8-10-12-14-16-18-28(33)29-22-21-24-19-20-26(31)27(32)23-24/h4-7,10-13,19-20,23,25,30-32H,2-3,8-9,14-18,21-22H2,1H3,(H,29,33)/b6-4-,7-5-,12-10-,13-11-/t25-/m1/s1. The first-order valence-corrected chi connectivity index (χ1v) is 12.1. The van der Waals surface area contributed by atoms with Crippen LogP contribution in [-0.2, 0) is 11.2 Å². The third-order valence-electron chi connectivity index (χ3n) is 5.17. The van der Waals surface area contributed by atoms with E-state index in [1.165, 1.54) is 12.1 Å². The molecule has 1 amide bonds. The number of aliphatic hydroxyl groups is 1. The Kier molecular flexibility index (Phi) is 16.0. The number of phenolic OH excluding ortho intramolecular Hbond substituents is 2. The normalized spacial score (nSPS) is 13.0. The number of benzene rings is 1. The minimum atomic E-state index is -0.172. The molecular weight excluding hydrogens is 414 g/mol. The van der Waals surface area contributed by atoms with E-state index in [0.717, 1.165) is 56.9 Å². The van der Waals surface area contributed by atoms with Crippen LogP contribution in [-0.4, -0.2) is 33.9 Å². The molecule has 0 saturated carbocycles. The Balaban J connectivity index is 1.98. The number of allylic oxidation sites excluding steroid dienone is 8. The molecule has 1 rings (SSSR count). The molecule has 33 heavy (non-hydrogen) atoms. The summed E-state index contributed by atoms with van der Waals surface area (Å²) in [5, 5.41) is 31.1. The van der Waals surface area contributed by atoms with Gasteiger partial charge in [0.05, 0.1) is 6.10 Å². The largest absolute Gasteiger partial charge is 0.504 e. The van der Waals surface area contributed by atoms with Crippen LogP contribution in [0.5, 0.6) is 11.5 Å². The zero-order chi connectivity index (χ0) is 24.2. The number of phenols is 2. The van der Waals surface area contributed by atoms with Crippen molar-refractivity contribution in [3.63, 3.8) is 0 Å². The summed E-state index contributed by atoms with van der Waals surface area (Å²) in [6.07, 6.45) is 25.2. The Bertz CT molecular complexity index is 780. The van der Waals surface area contributed by atoms with E-state index in [2.05, 4.69) is 53.9 Å². The average Bonchev–Trinajstić information content (AvgIpc) is 2.80. The number of hydrogen-bond acceptors (Lipinski definition) is 4. The maximum absolute atomic E-state index is 11.9. The van der Waals surface area contributed by atoms with Crippen LogP contribution in [0.4, 0.5) is 0 Å². The smallest absolute Gasteiger partial charge is 0.220 e. The Morgan fingerprint density at radius 2 is 1.52 bits per heavy atom. The van der Waals surface area contributed by atoms with Crippen molar-refractivity contribution in [3.8, 4) is 11.5 Å². The Hall–Kier alpha value is -2.79. The molecule has 0 unspecified atom stereocenters. The van der Waals surface area contributed by atoms with Crippen LogP contribution in [0, 0.1) is 0 Å². The average molecular weight is 456 g/mol. The molecule has 0 spiro atoms. The highest BCUT2D eigenvalue weighted by atomic mass is 16.3. The first kappa shape index (κ1) is 28.2. The maximum atomic E-state index is 11.9. The summed E-state index contributed by atoms with van der Waals surface area (Å²) >= 11 is 0. The van der Waals surface area contributed by atoms with E-state index in [-0.39, 0.29) is 23.5 Å².